The topological polar surface area (TPSA) is 57.2 Å². The number of phenols is 1. The number of hydrogen-bond acceptors (Lipinski definition) is 5. The van der Waals surface area contributed by atoms with Gasteiger partial charge in [0.05, 0.1) is 13.2 Å². The van der Waals surface area contributed by atoms with E-state index in [4.69, 9.17) is 18.9 Å². The third-order valence-electron chi connectivity index (χ3n) is 8.24. The highest BCUT2D eigenvalue weighted by atomic mass is 16.5. The maximum absolute atomic E-state index is 9.63. The highest BCUT2D eigenvalue weighted by Gasteiger charge is 2.25. The summed E-state index contributed by atoms with van der Waals surface area (Å²) in [5.74, 6) is 2.80. The van der Waals surface area contributed by atoms with Crippen molar-refractivity contribution in [3.63, 3.8) is 0 Å². The number of methoxy groups -OCH3 is 1. The minimum Gasteiger partial charge on any atom is -0.508 e. The lowest BCUT2D eigenvalue weighted by molar-refractivity contribution is 0.0809. The Morgan fingerprint density at radius 1 is 0.488 bits per heavy atom. The van der Waals surface area contributed by atoms with Gasteiger partial charge in [-0.1, -0.05) is 76.2 Å². The highest BCUT2D eigenvalue weighted by Crippen LogP contribution is 2.35. The van der Waals surface area contributed by atoms with Gasteiger partial charge in [0.1, 0.15) is 35.2 Å². The maximum atomic E-state index is 9.63. The quantitative estimate of drug-likeness (QED) is 0.151. The van der Waals surface area contributed by atoms with Gasteiger partial charge in [-0.15, -0.1) is 0 Å². The van der Waals surface area contributed by atoms with Crippen molar-refractivity contribution in [3.05, 3.63) is 119 Å². The van der Waals surface area contributed by atoms with Crippen LogP contribution in [-0.4, -0.2) is 37.6 Å². The highest BCUT2D eigenvalue weighted by molar-refractivity contribution is 5.43. The van der Waals surface area contributed by atoms with Gasteiger partial charge < -0.3 is 24.1 Å². The maximum Gasteiger partial charge on any atom is 0.120 e. The summed E-state index contributed by atoms with van der Waals surface area (Å²) in [6, 6.07) is 32.3. The fourth-order valence-electron chi connectivity index (χ4n) is 5.11. The number of hydrogen-bond donors (Lipinski definition) is 1. The second kappa shape index (κ2) is 13.6. The molecule has 5 nitrogen and oxygen atoms in total. The first kappa shape index (κ1) is 32.0. The Morgan fingerprint density at radius 3 is 1.28 bits per heavy atom. The molecule has 43 heavy (non-hydrogen) atoms. The zero-order valence-corrected chi connectivity index (χ0v) is 26.6. The molecule has 0 atom stereocenters. The summed E-state index contributed by atoms with van der Waals surface area (Å²) < 4.78 is 23.2. The van der Waals surface area contributed by atoms with Gasteiger partial charge >= 0.3 is 0 Å². The minimum absolute atomic E-state index is 0.165. The van der Waals surface area contributed by atoms with Crippen LogP contribution in [-0.2, 0) is 15.6 Å². The second-order valence-corrected chi connectivity index (χ2v) is 12.7. The zero-order valence-electron chi connectivity index (χ0n) is 26.6. The molecule has 0 aliphatic heterocycles. The van der Waals surface area contributed by atoms with Crippen molar-refractivity contribution in [2.45, 2.75) is 64.4 Å². The summed E-state index contributed by atoms with van der Waals surface area (Å²) in [6.45, 7) is 14.7. The lowest BCUT2D eigenvalue weighted by atomic mass is 9.78. The van der Waals surface area contributed by atoms with E-state index in [2.05, 4.69) is 90.1 Å². The molecule has 228 valence electrons. The molecule has 0 aromatic heterocycles. The van der Waals surface area contributed by atoms with Gasteiger partial charge in [0, 0.05) is 24.4 Å². The summed E-state index contributed by atoms with van der Waals surface area (Å²) in [6.07, 6.45) is 0.736. The van der Waals surface area contributed by atoms with Crippen molar-refractivity contribution in [3.8, 4) is 23.0 Å². The standard InChI is InChI=1S/C38H46O5/c1-36(2,24-25-41-33-18-10-29(11-19-33)37(3,4)28-8-16-32(39)17-9-28)43-35-22-14-31(15-23-35)38(5,6)30-12-20-34(21-13-30)42-27-26-40-7/h8-23,39H,24-27H2,1-7H3. The Morgan fingerprint density at radius 2 is 0.860 bits per heavy atom. The second-order valence-electron chi connectivity index (χ2n) is 12.7. The lowest BCUT2D eigenvalue weighted by Crippen LogP contribution is -2.30. The Kier molecular flexibility index (Phi) is 10.1. The molecule has 0 aliphatic carbocycles. The molecule has 0 radical (unpaired) electrons. The number of rotatable bonds is 14. The summed E-state index contributed by atoms with van der Waals surface area (Å²) in [5, 5.41) is 9.63. The van der Waals surface area contributed by atoms with Gasteiger partial charge in [0.25, 0.3) is 0 Å². The first-order valence-corrected chi connectivity index (χ1v) is 15.0. The Hall–Kier alpha value is -3.96. The monoisotopic (exact) mass is 582 g/mol. The van der Waals surface area contributed by atoms with Crippen molar-refractivity contribution < 1.29 is 24.1 Å². The van der Waals surface area contributed by atoms with Gasteiger partial charge in [-0.25, -0.2) is 0 Å². The van der Waals surface area contributed by atoms with Gasteiger partial charge in [0.2, 0.25) is 0 Å². The van der Waals surface area contributed by atoms with Crippen molar-refractivity contribution >= 4 is 0 Å². The Bertz CT molecular complexity index is 1420. The van der Waals surface area contributed by atoms with Crippen LogP contribution in [0.3, 0.4) is 0 Å². The molecule has 4 aromatic rings. The first-order valence-electron chi connectivity index (χ1n) is 15.0. The molecule has 0 aliphatic rings. The molecule has 0 bridgehead atoms. The van der Waals surface area contributed by atoms with Crippen LogP contribution in [0.4, 0.5) is 0 Å². The van der Waals surface area contributed by atoms with Gasteiger partial charge in [-0.2, -0.15) is 0 Å². The van der Waals surface area contributed by atoms with Crippen molar-refractivity contribution in [1.29, 1.82) is 0 Å². The molecule has 0 saturated heterocycles. The first-order chi connectivity index (χ1) is 20.4. The van der Waals surface area contributed by atoms with Crippen LogP contribution in [0.2, 0.25) is 0 Å². The lowest BCUT2D eigenvalue weighted by Gasteiger charge is -2.29. The predicted octanol–water partition coefficient (Wildman–Crippen LogP) is 8.70. The molecule has 0 spiro atoms. The van der Waals surface area contributed by atoms with E-state index >= 15 is 0 Å². The largest absolute Gasteiger partial charge is 0.508 e. The molecule has 0 heterocycles. The summed E-state index contributed by atoms with van der Waals surface area (Å²) in [4.78, 5) is 0. The minimum atomic E-state index is -0.392. The normalized spacial score (nSPS) is 12.2. The Balaban J connectivity index is 1.29. The number of ether oxygens (including phenoxy) is 4. The fraction of sp³-hybridized carbons (Fsp3) is 0.368. The smallest absolute Gasteiger partial charge is 0.120 e. The molecular weight excluding hydrogens is 536 g/mol. The van der Waals surface area contributed by atoms with Crippen LogP contribution < -0.4 is 14.2 Å². The van der Waals surface area contributed by atoms with E-state index in [-0.39, 0.29) is 16.6 Å². The third-order valence-corrected chi connectivity index (χ3v) is 8.24. The molecule has 4 rings (SSSR count). The van der Waals surface area contributed by atoms with E-state index in [9.17, 15) is 5.11 Å². The SMILES string of the molecule is COCCOc1ccc(C(C)(C)c2ccc(OC(C)(C)CCOc3ccc(C(C)(C)c4ccc(O)cc4)cc3)cc2)cc1. The van der Waals surface area contributed by atoms with Gasteiger partial charge in [-0.3, -0.25) is 0 Å². The van der Waals surface area contributed by atoms with E-state index in [1.54, 1.807) is 19.2 Å². The zero-order chi connectivity index (χ0) is 31.1. The van der Waals surface area contributed by atoms with E-state index in [0.29, 0.717) is 19.8 Å². The van der Waals surface area contributed by atoms with Crippen molar-refractivity contribution in [2.75, 3.05) is 26.9 Å². The average molecular weight is 583 g/mol. The molecule has 0 unspecified atom stereocenters. The van der Waals surface area contributed by atoms with Gasteiger partial charge in [0.15, 0.2) is 0 Å². The predicted molar refractivity (Wildman–Crippen MR) is 174 cm³/mol. The molecular formula is C38H46O5. The third kappa shape index (κ3) is 8.32. The number of aromatic hydroxyl groups is 1. The van der Waals surface area contributed by atoms with E-state index in [1.807, 2.05) is 36.4 Å². The molecule has 0 saturated carbocycles. The summed E-state index contributed by atoms with van der Waals surface area (Å²) >= 11 is 0. The van der Waals surface area contributed by atoms with Crippen molar-refractivity contribution in [1.82, 2.24) is 0 Å². The van der Waals surface area contributed by atoms with Crippen LogP contribution >= 0.6 is 0 Å². The van der Waals surface area contributed by atoms with E-state index in [1.165, 1.54) is 16.7 Å². The average Bonchev–Trinajstić information content (AvgIpc) is 2.98. The Labute approximate surface area is 257 Å². The van der Waals surface area contributed by atoms with Crippen LogP contribution in [0.15, 0.2) is 97.1 Å². The molecule has 0 fully saturated rings. The van der Waals surface area contributed by atoms with Crippen LogP contribution in [0.5, 0.6) is 23.0 Å². The van der Waals surface area contributed by atoms with E-state index in [0.717, 1.165) is 29.2 Å². The fourth-order valence-corrected chi connectivity index (χ4v) is 5.11. The molecule has 1 N–H and O–H groups in total. The molecule has 0 amide bonds. The summed E-state index contributed by atoms with van der Waals surface area (Å²) in [7, 11) is 1.67. The van der Waals surface area contributed by atoms with Gasteiger partial charge in [-0.05, 0) is 84.6 Å². The van der Waals surface area contributed by atoms with Crippen LogP contribution in [0, 0.1) is 0 Å². The molecule has 5 heteroatoms. The van der Waals surface area contributed by atoms with Crippen LogP contribution in [0.1, 0.15) is 70.2 Å². The number of benzene rings is 4. The van der Waals surface area contributed by atoms with Crippen molar-refractivity contribution in [2.24, 2.45) is 0 Å². The number of phenolic OH excluding ortho intramolecular Hbond substituents is 1. The summed E-state index contributed by atoms with van der Waals surface area (Å²) in [5.41, 5.74) is 4.02. The van der Waals surface area contributed by atoms with Crippen LogP contribution in [0.25, 0.3) is 0 Å². The van der Waals surface area contributed by atoms with E-state index < -0.39 is 5.60 Å². The molecule has 4 aromatic carbocycles.